The molecule has 0 saturated carbocycles. The van der Waals surface area contributed by atoms with E-state index < -0.39 is 10.0 Å². The monoisotopic (exact) mass is 294 g/mol. The fourth-order valence-electron chi connectivity index (χ4n) is 2.11. The van der Waals surface area contributed by atoms with E-state index in [-0.39, 0.29) is 4.90 Å². The molecule has 0 bridgehead atoms. The number of anilines is 1. The van der Waals surface area contributed by atoms with E-state index in [4.69, 9.17) is 0 Å². The summed E-state index contributed by atoms with van der Waals surface area (Å²) >= 11 is 0. The molecule has 2 aromatic rings. The molecule has 0 unspecified atom stereocenters. The Labute approximate surface area is 116 Å². The van der Waals surface area contributed by atoms with Gasteiger partial charge in [0.2, 0.25) is 16.0 Å². The van der Waals surface area contributed by atoms with Crippen LogP contribution in [-0.4, -0.2) is 59.1 Å². The number of nitrogens with zero attached hydrogens (tertiary/aromatic N) is 5. The summed E-state index contributed by atoms with van der Waals surface area (Å²) < 4.78 is 26.1. The van der Waals surface area contributed by atoms with E-state index >= 15 is 0 Å². The Morgan fingerprint density at radius 1 is 1.10 bits per heavy atom. The lowest BCUT2D eigenvalue weighted by atomic mass is 10.4. The van der Waals surface area contributed by atoms with Gasteiger partial charge in [-0.05, 0) is 6.07 Å². The number of piperazine rings is 1. The van der Waals surface area contributed by atoms with Gasteiger partial charge >= 0.3 is 0 Å². The molecule has 0 aliphatic carbocycles. The molecule has 3 rings (SSSR count). The molecule has 2 aromatic heterocycles. The number of hydrogen-bond acceptors (Lipinski definition) is 6. The molecular formula is C11H14N6O2S. The van der Waals surface area contributed by atoms with Crippen molar-refractivity contribution in [1.82, 2.24) is 24.5 Å². The maximum absolute atomic E-state index is 12.3. The highest BCUT2D eigenvalue weighted by Gasteiger charge is 2.29. The third-order valence-electron chi connectivity index (χ3n) is 3.18. The largest absolute Gasteiger partial charge is 0.338 e. The molecular weight excluding hydrogens is 280 g/mol. The molecule has 0 atom stereocenters. The molecule has 20 heavy (non-hydrogen) atoms. The van der Waals surface area contributed by atoms with Crippen molar-refractivity contribution in [3.8, 4) is 0 Å². The van der Waals surface area contributed by atoms with Gasteiger partial charge in [0.15, 0.2) is 0 Å². The van der Waals surface area contributed by atoms with Crippen LogP contribution in [0.2, 0.25) is 0 Å². The fraction of sp³-hybridized carbons (Fsp3) is 0.364. The number of aromatic nitrogens is 4. The number of aromatic amines is 1. The Morgan fingerprint density at radius 3 is 2.40 bits per heavy atom. The molecule has 1 fully saturated rings. The average Bonchev–Trinajstić information content (AvgIpc) is 3.03. The molecule has 1 saturated heterocycles. The van der Waals surface area contributed by atoms with Crippen molar-refractivity contribution in [2.24, 2.45) is 0 Å². The molecule has 3 heterocycles. The van der Waals surface area contributed by atoms with Crippen molar-refractivity contribution < 1.29 is 8.42 Å². The molecule has 9 heteroatoms. The van der Waals surface area contributed by atoms with Gasteiger partial charge in [-0.15, -0.1) is 0 Å². The molecule has 0 radical (unpaired) electrons. The zero-order valence-corrected chi connectivity index (χ0v) is 11.5. The lowest BCUT2D eigenvalue weighted by Gasteiger charge is -2.33. The van der Waals surface area contributed by atoms with Crippen LogP contribution in [0.25, 0.3) is 0 Å². The molecule has 0 amide bonds. The van der Waals surface area contributed by atoms with Gasteiger partial charge < -0.3 is 4.90 Å². The molecule has 106 valence electrons. The Hall–Kier alpha value is -2.00. The van der Waals surface area contributed by atoms with Gasteiger partial charge in [0.05, 0.1) is 6.20 Å². The maximum atomic E-state index is 12.3. The van der Waals surface area contributed by atoms with E-state index in [0.29, 0.717) is 32.1 Å². The van der Waals surface area contributed by atoms with Crippen LogP contribution >= 0.6 is 0 Å². The fourth-order valence-corrected chi connectivity index (χ4v) is 3.44. The third-order valence-corrected chi connectivity index (χ3v) is 5.05. The summed E-state index contributed by atoms with van der Waals surface area (Å²) in [5, 5.41) is 6.21. The van der Waals surface area contributed by atoms with Crippen molar-refractivity contribution in [2.75, 3.05) is 31.1 Å². The first-order chi connectivity index (χ1) is 9.68. The van der Waals surface area contributed by atoms with E-state index in [0.717, 1.165) is 0 Å². The van der Waals surface area contributed by atoms with E-state index in [1.54, 1.807) is 18.5 Å². The molecule has 1 aliphatic rings. The summed E-state index contributed by atoms with van der Waals surface area (Å²) in [6, 6.07) is 1.75. The Balaban J connectivity index is 1.70. The Kier molecular flexibility index (Phi) is 3.36. The number of H-pyrrole nitrogens is 1. The smallest absolute Gasteiger partial charge is 0.246 e. The molecule has 0 aromatic carbocycles. The van der Waals surface area contributed by atoms with Crippen LogP contribution in [0, 0.1) is 0 Å². The predicted molar refractivity (Wildman–Crippen MR) is 71.6 cm³/mol. The Bertz CT molecular complexity index is 649. The van der Waals surface area contributed by atoms with Crippen LogP contribution in [0.5, 0.6) is 0 Å². The minimum Gasteiger partial charge on any atom is -0.338 e. The van der Waals surface area contributed by atoms with E-state index in [9.17, 15) is 8.42 Å². The summed E-state index contributed by atoms with van der Waals surface area (Å²) in [5.74, 6) is 0.632. The standard InChI is InChI=1S/C11H14N6O2S/c18-20(19,10-8-14-15-9-10)17-6-4-16(5-7-17)11-12-2-1-3-13-11/h1-3,8-9H,4-7H2,(H,14,15). The second-order valence-electron chi connectivity index (χ2n) is 4.37. The molecule has 1 N–H and O–H groups in total. The van der Waals surface area contributed by atoms with E-state index in [1.165, 1.54) is 16.7 Å². The van der Waals surface area contributed by atoms with Gasteiger partial charge in [-0.1, -0.05) is 0 Å². The third kappa shape index (κ3) is 2.37. The van der Waals surface area contributed by atoms with Crippen LogP contribution in [0.15, 0.2) is 35.7 Å². The molecule has 1 aliphatic heterocycles. The zero-order valence-electron chi connectivity index (χ0n) is 10.7. The van der Waals surface area contributed by atoms with Gasteiger partial charge in [0.25, 0.3) is 0 Å². The summed E-state index contributed by atoms with van der Waals surface area (Å²) in [5.41, 5.74) is 0. The summed E-state index contributed by atoms with van der Waals surface area (Å²) in [6.07, 6.45) is 6.07. The van der Waals surface area contributed by atoms with Gasteiger partial charge in [0, 0.05) is 44.8 Å². The quantitative estimate of drug-likeness (QED) is 0.836. The minimum atomic E-state index is -3.45. The van der Waals surface area contributed by atoms with E-state index in [1.807, 2.05) is 4.90 Å². The van der Waals surface area contributed by atoms with Crippen LogP contribution < -0.4 is 4.90 Å². The number of sulfonamides is 1. The van der Waals surface area contributed by atoms with Crippen LogP contribution in [0.4, 0.5) is 5.95 Å². The highest BCUT2D eigenvalue weighted by Crippen LogP contribution is 2.17. The van der Waals surface area contributed by atoms with Crippen molar-refractivity contribution in [1.29, 1.82) is 0 Å². The summed E-state index contributed by atoms with van der Waals surface area (Å²) in [4.78, 5) is 10.5. The molecule has 8 nitrogen and oxygen atoms in total. The maximum Gasteiger partial charge on any atom is 0.246 e. The number of rotatable bonds is 3. The van der Waals surface area contributed by atoms with Gasteiger partial charge in [-0.3, -0.25) is 5.10 Å². The van der Waals surface area contributed by atoms with Crippen molar-refractivity contribution in [2.45, 2.75) is 4.90 Å². The van der Waals surface area contributed by atoms with Crippen LogP contribution in [0.3, 0.4) is 0 Å². The highest BCUT2D eigenvalue weighted by molar-refractivity contribution is 7.89. The van der Waals surface area contributed by atoms with Crippen molar-refractivity contribution >= 4 is 16.0 Å². The van der Waals surface area contributed by atoms with Crippen molar-refractivity contribution in [3.05, 3.63) is 30.9 Å². The second-order valence-corrected chi connectivity index (χ2v) is 6.31. The first-order valence-corrected chi connectivity index (χ1v) is 7.63. The minimum absolute atomic E-state index is 0.196. The summed E-state index contributed by atoms with van der Waals surface area (Å²) in [7, 11) is -3.45. The molecule has 0 spiro atoms. The van der Waals surface area contributed by atoms with Crippen LogP contribution in [-0.2, 0) is 10.0 Å². The van der Waals surface area contributed by atoms with Gasteiger partial charge in [-0.2, -0.15) is 9.40 Å². The Morgan fingerprint density at radius 2 is 1.80 bits per heavy atom. The van der Waals surface area contributed by atoms with Crippen LogP contribution in [0.1, 0.15) is 0 Å². The lowest BCUT2D eigenvalue weighted by molar-refractivity contribution is 0.382. The lowest BCUT2D eigenvalue weighted by Crippen LogP contribution is -2.49. The summed E-state index contributed by atoms with van der Waals surface area (Å²) in [6.45, 7) is 1.96. The first kappa shape index (κ1) is 13.0. The normalized spacial score (nSPS) is 17.3. The van der Waals surface area contributed by atoms with E-state index in [2.05, 4.69) is 20.2 Å². The first-order valence-electron chi connectivity index (χ1n) is 6.19. The number of nitrogens with one attached hydrogen (secondary N) is 1. The number of hydrogen-bond donors (Lipinski definition) is 1. The predicted octanol–water partition coefficient (Wildman–Crippen LogP) is -0.289. The van der Waals surface area contributed by atoms with Crippen molar-refractivity contribution in [3.63, 3.8) is 0 Å². The zero-order chi connectivity index (χ0) is 14.0. The van der Waals surface area contributed by atoms with Gasteiger partial charge in [-0.25, -0.2) is 18.4 Å². The topological polar surface area (TPSA) is 95.1 Å². The highest BCUT2D eigenvalue weighted by atomic mass is 32.2. The average molecular weight is 294 g/mol. The van der Waals surface area contributed by atoms with Gasteiger partial charge in [0.1, 0.15) is 4.90 Å². The SMILES string of the molecule is O=S(=O)(c1cn[nH]c1)N1CCN(c2ncccn2)CC1. The second kappa shape index (κ2) is 5.17.